The minimum absolute atomic E-state index is 0.0517. The second-order valence-electron chi connectivity index (χ2n) is 6.34. The highest BCUT2D eigenvalue weighted by atomic mass is 16.1. The monoisotopic (exact) mass is 328 g/mol. The van der Waals surface area contributed by atoms with E-state index < -0.39 is 0 Å². The average molecular weight is 328 g/mol. The Balaban J connectivity index is 1.36. The van der Waals surface area contributed by atoms with Crippen molar-refractivity contribution in [3.05, 3.63) is 41.2 Å². The summed E-state index contributed by atoms with van der Waals surface area (Å²) in [4.78, 5) is 12.0. The van der Waals surface area contributed by atoms with Gasteiger partial charge in [0.1, 0.15) is 0 Å². The van der Waals surface area contributed by atoms with E-state index in [1.807, 2.05) is 0 Å². The zero-order valence-electron chi connectivity index (χ0n) is 13.8. The summed E-state index contributed by atoms with van der Waals surface area (Å²) < 4.78 is 0. The van der Waals surface area contributed by atoms with E-state index in [-0.39, 0.29) is 5.91 Å². The normalized spacial score (nSPS) is 17.1. The van der Waals surface area contributed by atoms with Crippen LogP contribution in [0.2, 0.25) is 0 Å². The van der Waals surface area contributed by atoms with Gasteiger partial charge in [-0.2, -0.15) is 5.21 Å². The zero-order valence-corrected chi connectivity index (χ0v) is 13.8. The Kier molecular flexibility index (Phi) is 5.90. The third-order valence-electron chi connectivity index (χ3n) is 4.36. The third-order valence-corrected chi connectivity index (χ3v) is 4.36. The lowest BCUT2D eigenvalue weighted by Crippen LogP contribution is -2.26. The van der Waals surface area contributed by atoms with Crippen molar-refractivity contribution in [1.29, 1.82) is 0 Å². The Labute approximate surface area is 141 Å². The molecular weight excluding hydrogens is 304 g/mol. The SMILES string of the molecule is O=C(Cc1ccc(CC2CCNC2)cc1)NCCCc1nn[nH]n1. The van der Waals surface area contributed by atoms with Gasteiger partial charge in [0.2, 0.25) is 5.91 Å². The summed E-state index contributed by atoms with van der Waals surface area (Å²) in [6, 6.07) is 8.43. The molecule has 1 amide bonds. The Morgan fingerprint density at radius 3 is 2.79 bits per heavy atom. The molecule has 1 aliphatic heterocycles. The first-order valence-electron chi connectivity index (χ1n) is 8.57. The maximum absolute atomic E-state index is 12.0. The number of rotatable bonds is 8. The number of aromatic amines is 1. The summed E-state index contributed by atoms with van der Waals surface area (Å²) in [5.74, 6) is 1.48. The number of aryl methyl sites for hydroxylation is 1. The van der Waals surface area contributed by atoms with Gasteiger partial charge >= 0.3 is 0 Å². The molecule has 0 saturated carbocycles. The number of H-pyrrole nitrogens is 1. The molecule has 24 heavy (non-hydrogen) atoms. The first-order chi connectivity index (χ1) is 11.8. The molecular formula is C17H24N6O. The molecule has 7 nitrogen and oxygen atoms in total. The smallest absolute Gasteiger partial charge is 0.224 e. The number of hydrogen-bond acceptors (Lipinski definition) is 5. The highest BCUT2D eigenvalue weighted by Crippen LogP contribution is 2.15. The average Bonchev–Trinajstić information content (AvgIpc) is 3.27. The van der Waals surface area contributed by atoms with Gasteiger partial charge in [-0.1, -0.05) is 29.5 Å². The molecule has 1 aromatic carbocycles. The Hall–Kier alpha value is -2.28. The largest absolute Gasteiger partial charge is 0.356 e. The molecule has 1 aromatic heterocycles. The Morgan fingerprint density at radius 2 is 2.08 bits per heavy atom. The number of aromatic nitrogens is 4. The molecule has 1 unspecified atom stereocenters. The van der Waals surface area contributed by atoms with E-state index in [0.717, 1.165) is 37.4 Å². The van der Waals surface area contributed by atoms with Crippen LogP contribution in [0, 0.1) is 5.92 Å². The number of tetrazole rings is 1. The van der Waals surface area contributed by atoms with E-state index in [0.29, 0.717) is 25.2 Å². The number of carbonyl (C=O) groups is 1. The summed E-state index contributed by atoms with van der Waals surface area (Å²) in [6.45, 7) is 2.88. The summed E-state index contributed by atoms with van der Waals surface area (Å²) in [5.41, 5.74) is 2.41. The van der Waals surface area contributed by atoms with E-state index in [4.69, 9.17) is 0 Å². The summed E-state index contributed by atoms with van der Waals surface area (Å²) in [7, 11) is 0. The highest BCUT2D eigenvalue weighted by Gasteiger charge is 2.14. The third kappa shape index (κ3) is 5.13. The van der Waals surface area contributed by atoms with E-state index in [1.54, 1.807) is 0 Å². The summed E-state index contributed by atoms with van der Waals surface area (Å²) in [5, 5.41) is 20.0. The lowest BCUT2D eigenvalue weighted by Gasteiger charge is -2.09. The molecule has 1 atom stereocenters. The van der Waals surface area contributed by atoms with Crippen LogP contribution in [-0.4, -0.2) is 46.2 Å². The maximum Gasteiger partial charge on any atom is 0.224 e. The molecule has 0 bridgehead atoms. The molecule has 128 valence electrons. The molecule has 2 aromatic rings. The van der Waals surface area contributed by atoms with Crippen molar-refractivity contribution in [3.8, 4) is 0 Å². The van der Waals surface area contributed by atoms with Crippen LogP contribution < -0.4 is 10.6 Å². The second-order valence-corrected chi connectivity index (χ2v) is 6.34. The zero-order chi connectivity index (χ0) is 16.6. The number of benzene rings is 1. The van der Waals surface area contributed by atoms with Crippen molar-refractivity contribution in [2.45, 2.75) is 32.1 Å². The number of nitrogens with one attached hydrogen (secondary N) is 3. The van der Waals surface area contributed by atoms with E-state index in [9.17, 15) is 4.79 Å². The molecule has 3 N–H and O–H groups in total. The number of amides is 1. The molecule has 1 aliphatic rings. The van der Waals surface area contributed by atoms with Crippen LogP contribution in [0.1, 0.15) is 29.8 Å². The molecule has 0 radical (unpaired) electrons. The molecule has 3 rings (SSSR count). The fourth-order valence-electron chi connectivity index (χ4n) is 3.03. The second kappa shape index (κ2) is 8.54. The van der Waals surface area contributed by atoms with Gasteiger partial charge < -0.3 is 10.6 Å². The van der Waals surface area contributed by atoms with Crippen LogP contribution in [0.25, 0.3) is 0 Å². The molecule has 1 saturated heterocycles. The Morgan fingerprint density at radius 1 is 1.25 bits per heavy atom. The van der Waals surface area contributed by atoms with Crippen molar-refractivity contribution in [1.82, 2.24) is 31.3 Å². The Bertz CT molecular complexity index is 619. The van der Waals surface area contributed by atoms with Crippen molar-refractivity contribution in [2.24, 2.45) is 5.92 Å². The molecule has 0 spiro atoms. The standard InChI is InChI=1S/C17H24N6O/c24-17(19-8-1-2-16-20-22-23-21-16)11-14-5-3-13(4-6-14)10-15-7-9-18-12-15/h3-6,15,18H,1-2,7-12H2,(H,19,24)(H,20,21,22,23). The first-order valence-corrected chi connectivity index (χ1v) is 8.57. The first kappa shape index (κ1) is 16.6. The van der Waals surface area contributed by atoms with Gasteiger partial charge in [0.15, 0.2) is 5.82 Å². The van der Waals surface area contributed by atoms with Gasteiger partial charge in [-0.3, -0.25) is 4.79 Å². The fraction of sp³-hybridized carbons (Fsp3) is 0.529. The van der Waals surface area contributed by atoms with Crippen molar-refractivity contribution >= 4 is 5.91 Å². The number of hydrogen-bond donors (Lipinski definition) is 3. The van der Waals surface area contributed by atoms with Gasteiger partial charge in [0.05, 0.1) is 6.42 Å². The lowest BCUT2D eigenvalue weighted by atomic mass is 9.97. The van der Waals surface area contributed by atoms with E-state index in [2.05, 4.69) is 55.5 Å². The quantitative estimate of drug-likeness (QED) is 0.618. The topological polar surface area (TPSA) is 95.6 Å². The highest BCUT2D eigenvalue weighted by molar-refractivity contribution is 5.78. The molecule has 2 heterocycles. The molecule has 0 aliphatic carbocycles. The van der Waals surface area contributed by atoms with Gasteiger partial charge in [-0.05, 0) is 49.4 Å². The van der Waals surface area contributed by atoms with Crippen LogP contribution in [0.15, 0.2) is 24.3 Å². The predicted octanol–water partition coefficient (Wildman–Crippen LogP) is 0.643. The van der Waals surface area contributed by atoms with Gasteiger partial charge in [0.25, 0.3) is 0 Å². The van der Waals surface area contributed by atoms with Crippen molar-refractivity contribution in [3.63, 3.8) is 0 Å². The van der Waals surface area contributed by atoms with Crippen LogP contribution >= 0.6 is 0 Å². The van der Waals surface area contributed by atoms with Gasteiger partial charge in [0, 0.05) is 13.0 Å². The van der Waals surface area contributed by atoms with Gasteiger partial charge in [-0.15, -0.1) is 10.2 Å². The number of carbonyl (C=O) groups excluding carboxylic acids is 1. The predicted molar refractivity (Wildman–Crippen MR) is 90.3 cm³/mol. The van der Waals surface area contributed by atoms with Crippen LogP contribution in [0.5, 0.6) is 0 Å². The summed E-state index contributed by atoms with van der Waals surface area (Å²) in [6.07, 6.45) is 4.32. The van der Waals surface area contributed by atoms with Crippen molar-refractivity contribution in [2.75, 3.05) is 19.6 Å². The van der Waals surface area contributed by atoms with Crippen LogP contribution in [0.3, 0.4) is 0 Å². The van der Waals surface area contributed by atoms with Crippen molar-refractivity contribution < 1.29 is 4.79 Å². The number of nitrogens with zero attached hydrogens (tertiary/aromatic N) is 3. The van der Waals surface area contributed by atoms with Crippen LogP contribution in [0.4, 0.5) is 0 Å². The minimum atomic E-state index is 0.0517. The van der Waals surface area contributed by atoms with E-state index in [1.165, 1.54) is 12.0 Å². The minimum Gasteiger partial charge on any atom is -0.356 e. The van der Waals surface area contributed by atoms with E-state index >= 15 is 0 Å². The lowest BCUT2D eigenvalue weighted by molar-refractivity contribution is -0.120. The maximum atomic E-state index is 12.0. The fourth-order valence-corrected chi connectivity index (χ4v) is 3.03. The molecule has 1 fully saturated rings. The summed E-state index contributed by atoms with van der Waals surface area (Å²) >= 11 is 0. The van der Waals surface area contributed by atoms with Crippen LogP contribution in [-0.2, 0) is 24.1 Å². The van der Waals surface area contributed by atoms with Gasteiger partial charge in [-0.25, -0.2) is 0 Å². The molecule has 7 heteroatoms.